The summed E-state index contributed by atoms with van der Waals surface area (Å²) in [5.41, 5.74) is 2.18. The third-order valence-electron chi connectivity index (χ3n) is 2.88. The number of benzene rings is 1. The minimum atomic E-state index is 0.0693. The number of rotatable bonds is 6. The minimum Gasteiger partial charge on any atom is -0.493 e. The Balaban J connectivity index is 3.14. The van der Waals surface area contributed by atoms with E-state index in [9.17, 15) is 5.11 Å². The number of hydrogen-bond donors (Lipinski definition) is 2. The highest BCUT2D eigenvalue weighted by Gasteiger charge is 2.16. The second-order valence-electron chi connectivity index (χ2n) is 4.00. The molecule has 1 aromatic carbocycles. The normalized spacial score (nSPS) is 12.3. The van der Waals surface area contributed by atoms with Gasteiger partial charge in [-0.25, -0.2) is 0 Å². The van der Waals surface area contributed by atoms with Crippen molar-refractivity contribution >= 4 is 0 Å². The molecule has 0 saturated heterocycles. The molecule has 1 unspecified atom stereocenters. The third-order valence-corrected chi connectivity index (χ3v) is 2.88. The Bertz CT molecular complexity index is 366. The highest BCUT2D eigenvalue weighted by Crippen LogP contribution is 2.33. The fourth-order valence-electron chi connectivity index (χ4n) is 1.96. The van der Waals surface area contributed by atoms with Gasteiger partial charge >= 0.3 is 0 Å². The van der Waals surface area contributed by atoms with Crippen molar-refractivity contribution in [2.24, 2.45) is 0 Å². The fourth-order valence-corrected chi connectivity index (χ4v) is 1.96. The van der Waals surface area contributed by atoms with Crippen LogP contribution in [0.25, 0.3) is 0 Å². The van der Waals surface area contributed by atoms with Crippen LogP contribution in [0.5, 0.6) is 11.5 Å². The first-order valence-corrected chi connectivity index (χ1v) is 5.65. The molecule has 0 radical (unpaired) electrons. The van der Waals surface area contributed by atoms with Gasteiger partial charge in [0, 0.05) is 12.5 Å². The molecule has 0 aliphatic carbocycles. The molecule has 1 rings (SSSR count). The highest BCUT2D eigenvalue weighted by atomic mass is 16.5. The van der Waals surface area contributed by atoms with Crippen molar-refractivity contribution in [1.82, 2.24) is 5.32 Å². The summed E-state index contributed by atoms with van der Waals surface area (Å²) in [4.78, 5) is 0. The van der Waals surface area contributed by atoms with Gasteiger partial charge in [0.15, 0.2) is 11.5 Å². The summed E-state index contributed by atoms with van der Waals surface area (Å²) in [7, 11) is 5.11. The van der Waals surface area contributed by atoms with Gasteiger partial charge in [-0.1, -0.05) is 0 Å². The van der Waals surface area contributed by atoms with Gasteiger partial charge in [0.2, 0.25) is 0 Å². The quantitative estimate of drug-likeness (QED) is 0.786. The molecule has 4 nitrogen and oxygen atoms in total. The molecule has 0 aliphatic rings. The third kappa shape index (κ3) is 3.11. The van der Waals surface area contributed by atoms with Gasteiger partial charge in [-0.3, -0.25) is 0 Å². The Labute approximate surface area is 103 Å². The van der Waals surface area contributed by atoms with Crippen molar-refractivity contribution < 1.29 is 14.6 Å². The number of aryl methyl sites for hydroxylation is 1. The fraction of sp³-hybridized carbons (Fsp3) is 0.538. The monoisotopic (exact) mass is 239 g/mol. The van der Waals surface area contributed by atoms with Gasteiger partial charge in [0.1, 0.15) is 0 Å². The van der Waals surface area contributed by atoms with Crippen molar-refractivity contribution in [1.29, 1.82) is 0 Å². The molecule has 0 fully saturated rings. The summed E-state index contributed by atoms with van der Waals surface area (Å²) in [5.74, 6) is 1.48. The van der Waals surface area contributed by atoms with Gasteiger partial charge in [0.05, 0.1) is 20.8 Å². The lowest BCUT2D eigenvalue weighted by atomic mass is 9.94. The molecule has 1 aromatic rings. The first-order valence-electron chi connectivity index (χ1n) is 5.65. The molecule has 96 valence electrons. The molecule has 0 aromatic heterocycles. The number of likely N-dealkylation sites (N-methyl/N-ethyl adjacent to an activating group) is 1. The van der Waals surface area contributed by atoms with Gasteiger partial charge in [0.25, 0.3) is 0 Å². The van der Waals surface area contributed by atoms with Crippen molar-refractivity contribution in [3.8, 4) is 11.5 Å². The van der Waals surface area contributed by atoms with Crippen LogP contribution in [0.1, 0.15) is 17.0 Å². The van der Waals surface area contributed by atoms with E-state index in [0.29, 0.717) is 5.75 Å². The van der Waals surface area contributed by atoms with Crippen LogP contribution in [0.4, 0.5) is 0 Å². The summed E-state index contributed by atoms with van der Waals surface area (Å²) >= 11 is 0. The number of ether oxygens (including phenoxy) is 2. The maximum atomic E-state index is 9.41. The topological polar surface area (TPSA) is 50.7 Å². The van der Waals surface area contributed by atoms with Crippen LogP contribution in [-0.2, 0) is 0 Å². The van der Waals surface area contributed by atoms with Crippen LogP contribution in [0.3, 0.4) is 0 Å². The van der Waals surface area contributed by atoms with E-state index in [0.717, 1.165) is 23.4 Å². The maximum Gasteiger partial charge on any atom is 0.161 e. The van der Waals surface area contributed by atoms with Crippen LogP contribution >= 0.6 is 0 Å². The number of nitrogens with one attached hydrogen (secondary N) is 1. The van der Waals surface area contributed by atoms with E-state index in [1.165, 1.54) is 0 Å². The molecule has 0 amide bonds. The molecule has 4 heteroatoms. The Morgan fingerprint density at radius 1 is 1.24 bits per heavy atom. The summed E-state index contributed by atoms with van der Waals surface area (Å²) < 4.78 is 10.5. The largest absolute Gasteiger partial charge is 0.493 e. The second-order valence-corrected chi connectivity index (χ2v) is 4.00. The van der Waals surface area contributed by atoms with E-state index in [1.54, 1.807) is 14.2 Å². The van der Waals surface area contributed by atoms with E-state index >= 15 is 0 Å². The zero-order chi connectivity index (χ0) is 12.8. The number of aliphatic hydroxyl groups excluding tert-OH is 1. The van der Waals surface area contributed by atoms with Crippen molar-refractivity contribution in [3.63, 3.8) is 0 Å². The van der Waals surface area contributed by atoms with Crippen molar-refractivity contribution in [3.05, 3.63) is 23.3 Å². The van der Waals surface area contributed by atoms with E-state index in [-0.39, 0.29) is 12.5 Å². The minimum absolute atomic E-state index is 0.0693. The lowest BCUT2D eigenvalue weighted by Crippen LogP contribution is -2.20. The average Bonchev–Trinajstić information content (AvgIpc) is 2.36. The van der Waals surface area contributed by atoms with Gasteiger partial charge in [-0.15, -0.1) is 0 Å². The molecule has 0 bridgehead atoms. The lowest BCUT2D eigenvalue weighted by molar-refractivity contribution is 0.262. The molecule has 0 saturated carbocycles. The van der Waals surface area contributed by atoms with E-state index in [1.807, 2.05) is 26.1 Å². The Morgan fingerprint density at radius 2 is 1.82 bits per heavy atom. The predicted octanol–water partition coefficient (Wildman–Crippen LogP) is 1.31. The van der Waals surface area contributed by atoms with Gasteiger partial charge in [-0.2, -0.15) is 0 Å². The van der Waals surface area contributed by atoms with Crippen molar-refractivity contribution in [2.75, 3.05) is 34.4 Å². The molecular formula is C13H21NO3. The zero-order valence-electron chi connectivity index (χ0n) is 10.9. The molecule has 0 aliphatic heterocycles. The number of hydrogen-bond acceptors (Lipinski definition) is 4. The van der Waals surface area contributed by atoms with E-state index in [4.69, 9.17) is 9.47 Å². The summed E-state index contributed by atoms with van der Waals surface area (Å²) in [6.07, 6.45) is 0. The van der Waals surface area contributed by atoms with E-state index < -0.39 is 0 Å². The first kappa shape index (κ1) is 13.8. The van der Waals surface area contributed by atoms with E-state index in [2.05, 4.69) is 5.32 Å². The van der Waals surface area contributed by atoms with Gasteiger partial charge < -0.3 is 19.9 Å². The van der Waals surface area contributed by atoms with Crippen LogP contribution in [0.15, 0.2) is 12.1 Å². The molecule has 0 heterocycles. The summed E-state index contributed by atoms with van der Waals surface area (Å²) in [6.45, 7) is 2.85. The maximum absolute atomic E-state index is 9.41. The second kappa shape index (κ2) is 6.47. The molecule has 1 atom stereocenters. The van der Waals surface area contributed by atoms with Crippen LogP contribution in [-0.4, -0.2) is 39.5 Å². The number of aliphatic hydroxyl groups is 1. The van der Waals surface area contributed by atoms with Gasteiger partial charge in [-0.05, 0) is 37.2 Å². The van der Waals surface area contributed by atoms with Crippen molar-refractivity contribution in [2.45, 2.75) is 12.8 Å². The summed E-state index contributed by atoms with van der Waals surface area (Å²) in [6, 6.07) is 3.87. The molecule has 17 heavy (non-hydrogen) atoms. The first-order chi connectivity index (χ1) is 8.17. The summed E-state index contributed by atoms with van der Waals surface area (Å²) in [5, 5.41) is 12.5. The van der Waals surface area contributed by atoms with Crippen LogP contribution < -0.4 is 14.8 Å². The highest BCUT2D eigenvalue weighted by molar-refractivity contribution is 5.48. The molecule has 2 N–H and O–H groups in total. The Hall–Kier alpha value is -1.26. The lowest BCUT2D eigenvalue weighted by Gasteiger charge is -2.19. The van der Waals surface area contributed by atoms with Crippen LogP contribution in [0, 0.1) is 6.92 Å². The Morgan fingerprint density at radius 3 is 2.29 bits per heavy atom. The van der Waals surface area contributed by atoms with Crippen LogP contribution in [0.2, 0.25) is 0 Å². The number of methoxy groups -OCH3 is 2. The standard InChI is InChI=1S/C13H21NO3/c1-9-5-12(16-3)13(17-4)6-11(9)10(8-15)7-14-2/h5-6,10,14-15H,7-8H2,1-4H3. The zero-order valence-corrected chi connectivity index (χ0v) is 10.9. The smallest absolute Gasteiger partial charge is 0.161 e. The predicted molar refractivity (Wildman–Crippen MR) is 68.0 cm³/mol. The average molecular weight is 239 g/mol. The molecular weight excluding hydrogens is 218 g/mol. The SMILES string of the molecule is CNCC(CO)c1cc(OC)c(OC)cc1C. The molecule has 0 spiro atoms. The Kier molecular flexibility index (Phi) is 5.25.